The van der Waals surface area contributed by atoms with E-state index in [4.69, 9.17) is 16.3 Å². The van der Waals surface area contributed by atoms with Crippen LogP contribution in [-0.4, -0.2) is 30.8 Å². The molecular weight excluding hydrogens is 414 g/mol. The number of rotatable bonds is 5. The molecule has 0 radical (unpaired) electrons. The highest BCUT2D eigenvalue weighted by Crippen LogP contribution is 2.39. The van der Waals surface area contributed by atoms with E-state index in [0.29, 0.717) is 0 Å². The predicted molar refractivity (Wildman–Crippen MR) is 124 cm³/mol. The Morgan fingerprint density at radius 3 is 2.50 bits per heavy atom. The van der Waals surface area contributed by atoms with Crippen LogP contribution in [0.15, 0.2) is 65.6 Å². The lowest BCUT2D eigenvalue weighted by Crippen LogP contribution is -2.32. The summed E-state index contributed by atoms with van der Waals surface area (Å²) in [5, 5.41) is 0.717. The summed E-state index contributed by atoms with van der Waals surface area (Å²) in [5.41, 5.74) is 6.61. The van der Waals surface area contributed by atoms with Crippen LogP contribution >= 0.6 is 23.4 Å². The molecule has 0 spiro atoms. The Balaban J connectivity index is 1.81. The quantitative estimate of drug-likeness (QED) is 0.357. The Bertz CT molecular complexity index is 1050. The lowest BCUT2D eigenvalue weighted by atomic mass is 9.87. The number of fused-ring (bicyclic) bond motifs is 1. The largest absolute Gasteiger partial charge is 0.465 e. The normalized spacial score (nSPS) is 13.7. The number of ether oxygens (including phenoxy) is 1. The van der Waals surface area contributed by atoms with Crippen molar-refractivity contribution in [2.75, 3.05) is 19.9 Å². The van der Waals surface area contributed by atoms with Crippen LogP contribution < -0.4 is 0 Å². The maximum atomic E-state index is 12.7. The molecule has 0 aliphatic carbocycles. The zero-order valence-corrected chi connectivity index (χ0v) is 18.7. The van der Waals surface area contributed by atoms with Gasteiger partial charge in [-0.05, 0) is 58.7 Å². The Morgan fingerprint density at radius 2 is 1.83 bits per heavy atom. The van der Waals surface area contributed by atoms with E-state index < -0.39 is 0 Å². The zero-order valence-electron chi connectivity index (χ0n) is 17.2. The van der Waals surface area contributed by atoms with Crippen LogP contribution in [0.2, 0.25) is 5.02 Å². The van der Waals surface area contributed by atoms with Crippen molar-refractivity contribution in [2.24, 2.45) is 0 Å². The molecule has 3 aromatic carbocycles. The first-order chi connectivity index (χ1) is 14.6. The van der Waals surface area contributed by atoms with Gasteiger partial charge < -0.3 is 4.74 Å². The lowest BCUT2D eigenvalue weighted by molar-refractivity contribution is 0.0594. The summed E-state index contributed by atoms with van der Waals surface area (Å²) in [6, 6.07) is 20.6. The summed E-state index contributed by atoms with van der Waals surface area (Å²) in [5.74, 6) is -0.255. The summed E-state index contributed by atoms with van der Waals surface area (Å²) < 4.78 is 5.15. The Kier molecular flexibility index (Phi) is 6.47. The van der Waals surface area contributed by atoms with Crippen LogP contribution in [0.1, 0.15) is 27.0 Å². The second kappa shape index (κ2) is 9.25. The molecule has 0 saturated carbocycles. The van der Waals surface area contributed by atoms with Gasteiger partial charge in [0, 0.05) is 29.6 Å². The fourth-order valence-corrected chi connectivity index (χ4v) is 4.90. The molecular formula is C25H24ClNO2S. The minimum Gasteiger partial charge on any atom is -0.465 e. The molecule has 3 aromatic rings. The molecule has 3 nitrogen and oxygen atoms in total. The number of esters is 1. The molecule has 4 rings (SSSR count). The molecule has 0 amide bonds. The van der Waals surface area contributed by atoms with Gasteiger partial charge in [-0.3, -0.25) is 4.90 Å². The number of hydrogen-bond donors (Lipinski definition) is 0. The molecule has 1 aliphatic rings. The highest BCUT2D eigenvalue weighted by molar-refractivity contribution is 7.98. The van der Waals surface area contributed by atoms with Gasteiger partial charge in [0.1, 0.15) is 0 Å². The molecule has 0 fully saturated rings. The summed E-state index contributed by atoms with van der Waals surface area (Å²) in [6.45, 7) is 2.59. The fraction of sp³-hybridized carbons (Fsp3) is 0.240. The molecule has 154 valence electrons. The van der Waals surface area contributed by atoms with Gasteiger partial charge in [-0.1, -0.05) is 54.1 Å². The van der Waals surface area contributed by atoms with Gasteiger partial charge >= 0.3 is 5.97 Å². The molecule has 0 saturated heterocycles. The Morgan fingerprint density at radius 1 is 1.10 bits per heavy atom. The maximum absolute atomic E-state index is 12.7. The summed E-state index contributed by atoms with van der Waals surface area (Å²) in [4.78, 5) is 16.1. The van der Waals surface area contributed by atoms with Crippen LogP contribution in [0.5, 0.6) is 0 Å². The van der Waals surface area contributed by atoms with Crippen molar-refractivity contribution in [3.63, 3.8) is 0 Å². The topological polar surface area (TPSA) is 29.5 Å². The molecule has 0 aromatic heterocycles. The second-order valence-electron chi connectivity index (χ2n) is 7.40. The van der Waals surface area contributed by atoms with Gasteiger partial charge in [-0.25, -0.2) is 4.79 Å². The number of nitrogens with zero attached hydrogens (tertiary/aromatic N) is 1. The average Bonchev–Trinajstić information content (AvgIpc) is 2.78. The Hall–Kier alpha value is -2.27. The highest BCUT2D eigenvalue weighted by atomic mass is 35.5. The van der Waals surface area contributed by atoms with E-state index >= 15 is 0 Å². The Labute approximate surface area is 187 Å². The smallest absolute Gasteiger partial charge is 0.339 e. The molecule has 0 unspecified atom stereocenters. The van der Waals surface area contributed by atoms with E-state index in [-0.39, 0.29) is 5.97 Å². The third kappa shape index (κ3) is 4.27. The first-order valence-electron chi connectivity index (χ1n) is 9.94. The van der Waals surface area contributed by atoms with Crippen molar-refractivity contribution in [1.29, 1.82) is 0 Å². The summed E-state index contributed by atoms with van der Waals surface area (Å²) in [7, 11) is 1.45. The average molecular weight is 438 g/mol. The van der Waals surface area contributed by atoms with E-state index in [0.717, 1.165) is 58.2 Å². The second-order valence-corrected chi connectivity index (χ2v) is 8.69. The van der Waals surface area contributed by atoms with Crippen molar-refractivity contribution in [3.05, 3.63) is 87.9 Å². The first-order valence-corrected chi connectivity index (χ1v) is 11.5. The van der Waals surface area contributed by atoms with Crippen molar-refractivity contribution in [3.8, 4) is 11.1 Å². The zero-order chi connectivity index (χ0) is 21.1. The van der Waals surface area contributed by atoms with Crippen LogP contribution in [0, 0.1) is 0 Å². The minimum absolute atomic E-state index is 0.255. The minimum atomic E-state index is -0.255. The van der Waals surface area contributed by atoms with Crippen LogP contribution in [0.4, 0.5) is 0 Å². The standard InChI is InChI=1S/C25H24ClNO2S/c1-29-25(28)24-20-12-13-27(15-17-6-4-3-5-7-17)16-22(20)21(14-23(24)30-2)18-8-10-19(26)11-9-18/h3-11,14H,12-13,15-16H2,1-2H3. The van der Waals surface area contributed by atoms with Gasteiger partial charge in [-0.15, -0.1) is 11.8 Å². The number of hydrogen-bond acceptors (Lipinski definition) is 4. The van der Waals surface area contributed by atoms with E-state index in [2.05, 4.69) is 47.4 Å². The number of halogens is 1. The number of benzene rings is 3. The number of carbonyl (C=O) groups is 1. The van der Waals surface area contributed by atoms with Crippen LogP contribution in [-0.2, 0) is 24.2 Å². The third-order valence-corrected chi connectivity index (χ3v) is 6.60. The predicted octanol–water partition coefficient (Wildman–Crippen LogP) is 6.07. The molecule has 0 N–H and O–H groups in total. The molecule has 1 heterocycles. The SMILES string of the molecule is COC(=O)c1c(SC)cc(-c2ccc(Cl)cc2)c2c1CCN(Cc1ccccc1)C2. The van der Waals surface area contributed by atoms with Crippen molar-refractivity contribution >= 4 is 29.3 Å². The molecule has 0 atom stereocenters. The lowest BCUT2D eigenvalue weighted by Gasteiger charge is -2.32. The number of thioether (sulfide) groups is 1. The summed E-state index contributed by atoms with van der Waals surface area (Å²) >= 11 is 7.71. The van der Waals surface area contributed by atoms with Crippen molar-refractivity contribution in [2.45, 2.75) is 24.4 Å². The van der Waals surface area contributed by atoms with E-state index in [1.165, 1.54) is 18.2 Å². The number of methoxy groups -OCH3 is 1. The van der Waals surface area contributed by atoms with Crippen molar-refractivity contribution < 1.29 is 9.53 Å². The van der Waals surface area contributed by atoms with Crippen LogP contribution in [0.3, 0.4) is 0 Å². The van der Waals surface area contributed by atoms with Crippen LogP contribution in [0.25, 0.3) is 11.1 Å². The molecule has 1 aliphatic heterocycles. The highest BCUT2D eigenvalue weighted by Gasteiger charge is 2.28. The maximum Gasteiger partial charge on any atom is 0.339 e. The van der Waals surface area contributed by atoms with Gasteiger partial charge in [0.2, 0.25) is 0 Å². The monoisotopic (exact) mass is 437 g/mol. The third-order valence-electron chi connectivity index (χ3n) is 5.59. The van der Waals surface area contributed by atoms with E-state index in [1.807, 2.05) is 24.5 Å². The summed E-state index contributed by atoms with van der Waals surface area (Å²) in [6.07, 6.45) is 2.83. The van der Waals surface area contributed by atoms with Crippen molar-refractivity contribution in [1.82, 2.24) is 4.90 Å². The van der Waals surface area contributed by atoms with E-state index in [9.17, 15) is 4.79 Å². The fourth-order valence-electron chi connectivity index (χ4n) is 4.13. The molecule has 30 heavy (non-hydrogen) atoms. The van der Waals surface area contributed by atoms with Gasteiger partial charge in [0.15, 0.2) is 0 Å². The number of carbonyl (C=O) groups excluding carboxylic acids is 1. The van der Waals surface area contributed by atoms with Gasteiger partial charge in [0.05, 0.1) is 12.7 Å². The van der Waals surface area contributed by atoms with Gasteiger partial charge in [-0.2, -0.15) is 0 Å². The van der Waals surface area contributed by atoms with Gasteiger partial charge in [0.25, 0.3) is 0 Å². The molecule has 5 heteroatoms. The first kappa shape index (κ1) is 21.0. The molecule has 0 bridgehead atoms. The van der Waals surface area contributed by atoms with E-state index in [1.54, 1.807) is 11.8 Å².